The molecule has 0 spiro atoms. The third kappa shape index (κ3) is 4.60. The van der Waals surface area contributed by atoms with Gasteiger partial charge in [-0.2, -0.15) is 4.31 Å². The summed E-state index contributed by atoms with van der Waals surface area (Å²) in [6.45, 7) is 5.52. The molecule has 2 aromatic carbocycles. The Balaban J connectivity index is 1.67. The number of amides is 1. The normalized spacial score (nSPS) is 16.5. The number of hydrogen-bond acceptors (Lipinski definition) is 4. The van der Waals surface area contributed by atoms with E-state index in [9.17, 15) is 13.2 Å². The summed E-state index contributed by atoms with van der Waals surface area (Å²) in [5, 5.41) is 2.96. The number of benzene rings is 2. The summed E-state index contributed by atoms with van der Waals surface area (Å²) in [5.74, 6) is -0.234. The molecule has 1 N–H and O–H groups in total. The monoisotopic (exact) mass is 402 g/mol. The lowest BCUT2D eigenvalue weighted by molar-refractivity contribution is 0.0730. The van der Waals surface area contributed by atoms with Crippen LogP contribution in [0.3, 0.4) is 0 Å². The fourth-order valence-corrected chi connectivity index (χ4v) is 4.53. The van der Waals surface area contributed by atoms with Crippen LogP contribution >= 0.6 is 0 Å². The fourth-order valence-electron chi connectivity index (χ4n) is 3.12. The Morgan fingerprint density at radius 3 is 2.25 bits per heavy atom. The standard InChI is InChI=1S/C21H26N2O4S/c1-3-17-4-6-18(7-5-17)16(2)22-21(24)19-8-10-20(11-9-19)28(25,26)23-12-14-27-15-13-23/h4-11,16H,3,12-15H2,1-2H3,(H,22,24)/t16-/m0/s1. The molecule has 2 aromatic rings. The highest BCUT2D eigenvalue weighted by Crippen LogP contribution is 2.19. The number of nitrogens with zero attached hydrogens (tertiary/aromatic N) is 1. The Kier molecular flexibility index (Phi) is 6.49. The first-order chi connectivity index (χ1) is 13.4. The molecule has 0 aromatic heterocycles. The number of hydrogen-bond donors (Lipinski definition) is 1. The van der Waals surface area contributed by atoms with Crippen LogP contribution in [0.5, 0.6) is 0 Å². The topological polar surface area (TPSA) is 75.7 Å². The van der Waals surface area contributed by atoms with Crippen LogP contribution in [0.25, 0.3) is 0 Å². The Morgan fingerprint density at radius 2 is 1.68 bits per heavy atom. The van der Waals surface area contributed by atoms with E-state index in [4.69, 9.17) is 4.74 Å². The van der Waals surface area contributed by atoms with Crippen LogP contribution in [0, 0.1) is 0 Å². The minimum Gasteiger partial charge on any atom is -0.379 e. The third-order valence-corrected chi connectivity index (χ3v) is 6.87. The smallest absolute Gasteiger partial charge is 0.251 e. The van der Waals surface area contributed by atoms with Crippen molar-refractivity contribution in [2.24, 2.45) is 0 Å². The lowest BCUT2D eigenvalue weighted by atomic mass is 10.0. The molecule has 6 nitrogen and oxygen atoms in total. The first kappa shape index (κ1) is 20.5. The maximum Gasteiger partial charge on any atom is 0.251 e. The number of nitrogens with one attached hydrogen (secondary N) is 1. The number of aryl methyl sites for hydroxylation is 1. The summed E-state index contributed by atoms with van der Waals surface area (Å²) < 4.78 is 31.9. The maximum atomic E-state index is 12.7. The molecule has 0 aliphatic carbocycles. The molecule has 0 radical (unpaired) electrons. The van der Waals surface area contributed by atoms with Gasteiger partial charge < -0.3 is 10.1 Å². The van der Waals surface area contributed by atoms with Gasteiger partial charge in [-0.3, -0.25) is 4.79 Å². The lowest BCUT2D eigenvalue weighted by Gasteiger charge is -2.26. The summed E-state index contributed by atoms with van der Waals surface area (Å²) >= 11 is 0. The van der Waals surface area contributed by atoms with E-state index < -0.39 is 10.0 Å². The van der Waals surface area contributed by atoms with Crippen molar-refractivity contribution in [3.8, 4) is 0 Å². The molecular formula is C21H26N2O4S. The minimum absolute atomic E-state index is 0.143. The average molecular weight is 403 g/mol. The number of carbonyl (C=O) groups is 1. The molecule has 1 amide bonds. The van der Waals surface area contributed by atoms with E-state index in [0.29, 0.717) is 31.9 Å². The molecule has 7 heteroatoms. The molecule has 28 heavy (non-hydrogen) atoms. The third-order valence-electron chi connectivity index (χ3n) is 4.96. The predicted molar refractivity (Wildman–Crippen MR) is 108 cm³/mol. The van der Waals surface area contributed by atoms with Crippen molar-refractivity contribution in [1.82, 2.24) is 9.62 Å². The van der Waals surface area contributed by atoms with E-state index >= 15 is 0 Å². The molecule has 3 rings (SSSR count). The van der Waals surface area contributed by atoms with Crippen LogP contribution in [-0.4, -0.2) is 44.9 Å². The van der Waals surface area contributed by atoms with Crippen molar-refractivity contribution in [2.45, 2.75) is 31.2 Å². The summed E-state index contributed by atoms with van der Waals surface area (Å²) in [6.07, 6.45) is 0.973. The number of rotatable bonds is 6. The largest absolute Gasteiger partial charge is 0.379 e. The van der Waals surface area contributed by atoms with Crippen molar-refractivity contribution in [1.29, 1.82) is 0 Å². The van der Waals surface area contributed by atoms with Crippen LogP contribution in [0.2, 0.25) is 0 Å². The van der Waals surface area contributed by atoms with Gasteiger partial charge in [0.05, 0.1) is 24.2 Å². The van der Waals surface area contributed by atoms with Crippen molar-refractivity contribution >= 4 is 15.9 Å². The van der Waals surface area contributed by atoms with Gasteiger partial charge in [-0.25, -0.2) is 8.42 Å². The highest BCUT2D eigenvalue weighted by atomic mass is 32.2. The highest BCUT2D eigenvalue weighted by molar-refractivity contribution is 7.89. The molecule has 1 saturated heterocycles. The quantitative estimate of drug-likeness (QED) is 0.806. The summed E-state index contributed by atoms with van der Waals surface area (Å²) in [6, 6.07) is 14.1. The molecule has 1 heterocycles. The molecule has 0 saturated carbocycles. The van der Waals surface area contributed by atoms with Gasteiger partial charge in [-0.15, -0.1) is 0 Å². The highest BCUT2D eigenvalue weighted by Gasteiger charge is 2.26. The Labute approximate surface area is 166 Å². The van der Waals surface area contributed by atoms with Crippen LogP contribution in [0.4, 0.5) is 0 Å². The molecular weight excluding hydrogens is 376 g/mol. The second kappa shape index (κ2) is 8.86. The van der Waals surface area contributed by atoms with Gasteiger partial charge in [-0.05, 0) is 48.7 Å². The van der Waals surface area contributed by atoms with Crippen molar-refractivity contribution in [3.63, 3.8) is 0 Å². The SMILES string of the molecule is CCc1ccc([C@H](C)NC(=O)c2ccc(S(=O)(=O)N3CCOCC3)cc2)cc1. The van der Waals surface area contributed by atoms with Gasteiger partial charge in [0.15, 0.2) is 0 Å². The van der Waals surface area contributed by atoms with E-state index in [1.807, 2.05) is 19.1 Å². The molecule has 1 aliphatic rings. The number of ether oxygens (including phenoxy) is 1. The molecule has 0 unspecified atom stereocenters. The Morgan fingerprint density at radius 1 is 1.07 bits per heavy atom. The van der Waals surface area contributed by atoms with E-state index in [1.54, 1.807) is 12.1 Å². The molecule has 150 valence electrons. The Hall–Kier alpha value is -2.22. The van der Waals surface area contributed by atoms with Crippen molar-refractivity contribution in [3.05, 3.63) is 65.2 Å². The van der Waals surface area contributed by atoms with E-state index in [0.717, 1.165) is 12.0 Å². The Bertz CT molecular complexity index is 902. The van der Waals surface area contributed by atoms with E-state index in [2.05, 4.69) is 24.4 Å². The lowest BCUT2D eigenvalue weighted by Crippen LogP contribution is -2.40. The number of morpholine rings is 1. The maximum absolute atomic E-state index is 12.7. The molecule has 1 aliphatic heterocycles. The summed E-state index contributed by atoms with van der Waals surface area (Å²) in [5.41, 5.74) is 2.70. The molecule has 0 bridgehead atoms. The van der Waals surface area contributed by atoms with E-state index in [1.165, 1.54) is 22.0 Å². The van der Waals surface area contributed by atoms with Crippen LogP contribution in [-0.2, 0) is 21.2 Å². The second-order valence-corrected chi connectivity index (χ2v) is 8.77. The second-order valence-electron chi connectivity index (χ2n) is 6.83. The summed E-state index contributed by atoms with van der Waals surface area (Å²) in [4.78, 5) is 12.7. The van der Waals surface area contributed by atoms with Gasteiger partial charge in [0.1, 0.15) is 0 Å². The number of sulfonamides is 1. The zero-order valence-corrected chi connectivity index (χ0v) is 17.0. The van der Waals surface area contributed by atoms with Crippen LogP contribution in [0.1, 0.15) is 41.4 Å². The van der Waals surface area contributed by atoms with Gasteiger partial charge >= 0.3 is 0 Å². The van der Waals surface area contributed by atoms with Gasteiger partial charge in [-0.1, -0.05) is 31.2 Å². The minimum atomic E-state index is -3.56. The van der Waals surface area contributed by atoms with Crippen molar-refractivity contribution in [2.75, 3.05) is 26.3 Å². The van der Waals surface area contributed by atoms with Crippen molar-refractivity contribution < 1.29 is 17.9 Å². The first-order valence-corrected chi connectivity index (χ1v) is 10.9. The number of carbonyl (C=O) groups excluding carboxylic acids is 1. The van der Waals surface area contributed by atoms with Crippen LogP contribution < -0.4 is 5.32 Å². The summed E-state index contributed by atoms with van der Waals surface area (Å²) in [7, 11) is -3.56. The zero-order valence-electron chi connectivity index (χ0n) is 16.2. The van der Waals surface area contributed by atoms with Gasteiger partial charge in [0.25, 0.3) is 5.91 Å². The molecule has 1 atom stereocenters. The zero-order chi connectivity index (χ0) is 20.1. The predicted octanol–water partition coefficient (Wildman–Crippen LogP) is 2.76. The van der Waals surface area contributed by atoms with Crippen LogP contribution in [0.15, 0.2) is 53.4 Å². The molecule has 1 fully saturated rings. The van der Waals surface area contributed by atoms with Gasteiger partial charge in [0, 0.05) is 18.7 Å². The average Bonchev–Trinajstić information content (AvgIpc) is 2.74. The fraction of sp³-hybridized carbons (Fsp3) is 0.381. The van der Waals surface area contributed by atoms with E-state index in [-0.39, 0.29) is 16.8 Å². The first-order valence-electron chi connectivity index (χ1n) is 9.49. The van der Waals surface area contributed by atoms with Gasteiger partial charge in [0.2, 0.25) is 10.0 Å².